The molecule has 1 fully saturated rings. The highest BCUT2D eigenvalue weighted by molar-refractivity contribution is 7.15. The summed E-state index contributed by atoms with van der Waals surface area (Å²) in [7, 11) is 1.86. The van der Waals surface area contributed by atoms with E-state index in [2.05, 4.69) is 46.5 Å². The summed E-state index contributed by atoms with van der Waals surface area (Å²) >= 11 is 1.48. The Balaban J connectivity index is 1.29. The van der Waals surface area contributed by atoms with Crippen LogP contribution in [0.3, 0.4) is 0 Å². The molecular formula is C24H30N6O2S. The molecule has 33 heavy (non-hydrogen) atoms. The molecule has 4 rings (SSSR count). The molecule has 1 saturated carbocycles. The molecule has 0 radical (unpaired) electrons. The van der Waals surface area contributed by atoms with Crippen LogP contribution in [0, 0.1) is 5.92 Å². The fourth-order valence-electron chi connectivity index (χ4n) is 3.39. The van der Waals surface area contributed by atoms with Gasteiger partial charge in [-0.05, 0) is 49.4 Å². The van der Waals surface area contributed by atoms with Gasteiger partial charge in [-0.25, -0.2) is 9.97 Å². The number of anilines is 2. The summed E-state index contributed by atoms with van der Waals surface area (Å²) in [5, 5.41) is 10.9. The van der Waals surface area contributed by atoms with E-state index in [0.29, 0.717) is 10.9 Å². The summed E-state index contributed by atoms with van der Waals surface area (Å²) < 4.78 is 1.77. The molecule has 8 nitrogen and oxygen atoms in total. The number of rotatable bonds is 8. The minimum absolute atomic E-state index is 0.0586. The van der Waals surface area contributed by atoms with Crippen LogP contribution in [-0.2, 0) is 41.3 Å². The van der Waals surface area contributed by atoms with Crippen LogP contribution in [0.5, 0.6) is 0 Å². The van der Waals surface area contributed by atoms with Gasteiger partial charge in [0.1, 0.15) is 5.82 Å². The Kier molecular flexibility index (Phi) is 6.60. The van der Waals surface area contributed by atoms with Crippen LogP contribution in [-0.4, -0.2) is 31.6 Å². The molecule has 0 aliphatic heterocycles. The molecule has 1 aliphatic carbocycles. The van der Waals surface area contributed by atoms with E-state index < -0.39 is 0 Å². The van der Waals surface area contributed by atoms with Gasteiger partial charge in [0.05, 0.1) is 12.1 Å². The summed E-state index contributed by atoms with van der Waals surface area (Å²) in [4.78, 5) is 34.2. The fourth-order valence-corrected chi connectivity index (χ4v) is 4.21. The number of amides is 2. The van der Waals surface area contributed by atoms with Crippen molar-refractivity contribution in [3.8, 4) is 0 Å². The maximum Gasteiger partial charge on any atom is 0.232 e. The number of aryl methyl sites for hydroxylation is 3. The van der Waals surface area contributed by atoms with Crippen LogP contribution >= 0.6 is 11.3 Å². The monoisotopic (exact) mass is 466 g/mol. The fraction of sp³-hybridized carbons (Fsp3) is 0.458. The molecule has 3 aromatic heterocycles. The topological polar surface area (TPSA) is 102 Å². The zero-order chi connectivity index (χ0) is 23.6. The molecule has 0 aromatic carbocycles. The Morgan fingerprint density at radius 2 is 1.94 bits per heavy atom. The first kappa shape index (κ1) is 23.1. The number of pyridine rings is 1. The maximum atomic E-state index is 12.5. The predicted octanol–water partition coefficient (Wildman–Crippen LogP) is 3.88. The standard InChI is InChI=1S/C24H30N6O2S/c1-24(2,3)19-12-17(30(4)29-19)13-21(31)28-23-26-14-18(33-23)8-5-15-9-10-25-20(11-15)27-22(32)16-6-7-16/h9-12,14,16H,5-8,13H2,1-4H3,(H,25,27,32)(H,26,28,31). The lowest BCUT2D eigenvalue weighted by Crippen LogP contribution is -2.16. The molecule has 3 aromatic rings. The van der Waals surface area contributed by atoms with Gasteiger partial charge in [-0.2, -0.15) is 5.10 Å². The van der Waals surface area contributed by atoms with E-state index in [1.807, 2.05) is 25.2 Å². The normalized spacial score (nSPS) is 13.7. The summed E-state index contributed by atoms with van der Waals surface area (Å²) in [5.74, 6) is 0.707. The molecule has 2 amide bonds. The van der Waals surface area contributed by atoms with Crippen molar-refractivity contribution >= 4 is 34.1 Å². The van der Waals surface area contributed by atoms with Gasteiger partial charge in [0, 0.05) is 41.3 Å². The van der Waals surface area contributed by atoms with Gasteiger partial charge in [-0.15, -0.1) is 11.3 Å². The number of carbonyl (C=O) groups is 2. The molecular weight excluding hydrogens is 436 g/mol. The largest absolute Gasteiger partial charge is 0.310 e. The van der Waals surface area contributed by atoms with E-state index in [9.17, 15) is 9.59 Å². The van der Waals surface area contributed by atoms with Gasteiger partial charge < -0.3 is 10.6 Å². The molecule has 2 N–H and O–H groups in total. The van der Waals surface area contributed by atoms with E-state index >= 15 is 0 Å². The molecule has 174 valence electrons. The summed E-state index contributed by atoms with van der Waals surface area (Å²) in [6.07, 6.45) is 7.31. The van der Waals surface area contributed by atoms with Crippen LogP contribution in [0.4, 0.5) is 10.9 Å². The summed E-state index contributed by atoms with van der Waals surface area (Å²) in [5.41, 5.74) is 2.88. The average molecular weight is 467 g/mol. The van der Waals surface area contributed by atoms with Crippen LogP contribution in [0.2, 0.25) is 0 Å². The van der Waals surface area contributed by atoms with E-state index in [4.69, 9.17) is 0 Å². The Bertz CT molecular complexity index is 1160. The van der Waals surface area contributed by atoms with E-state index in [1.54, 1.807) is 17.1 Å². The highest BCUT2D eigenvalue weighted by Crippen LogP contribution is 2.30. The van der Waals surface area contributed by atoms with Crippen molar-refractivity contribution in [2.45, 2.75) is 58.3 Å². The first-order chi connectivity index (χ1) is 15.7. The molecule has 0 bridgehead atoms. The Morgan fingerprint density at radius 3 is 2.64 bits per heavy atom. The van der Waals surface area contributed by atoms with Gasteiger partial charge in [0.25, 0.3) is 0 Å². The molecule has 1 aliphatic rings. The lowest BCUT2D eigenvalue weighted by atomic mass is 9.92. The Hall–Kier alpha value is -3.07. The molecule has 0 spiro atoms. The smallest absolute Gasteiger partial charge is 0.232 e. The minimum atomic E-state index is -0.107. The second-order valence-electron chi connectivity index (χ2n) is 9.56. The second-order valence-corrected chi connectivity index (χ2v) is 10.7. The number of hydrogen-bond donors (Lipinski definition) is 2. The zero-order valence-electron chi connectivity index (χ0n) is 19.5. The number of hydrogen-bond acceptors (Lipinski definition) is 6. The second kappa shape index (κ2) is 9.43. The molecule has 3 heterocycles. The number of nitrogens with zero attached hydrogens (tertiary/aromatic N) is 4. The lowest BCUT2D eigenvalue weighted by Gasteiger charge is -2.13. The molecule has 0 saturated heterocycles. The Morgan fingerprint density at radius 1 is 1.15 bits per heavy atom. The third-order valence-electron chi connectivity index (χ3n) is 5.57. The van der Waals surface area contributed by atoms with Gasteiger partial charge in [-0.3, -0.25) is 14.3 Å². The molecule has 0 atom stereocenters. The van der Waals surface area contributed by atoms with Crippen LogP contribution in [0.25, 0.3) is 0 Å². The lowest BCUT2D eigenvalue weighted by molar-refractivity contribution is -0.117. The number of thiazole rings is 1. The summed E-state index contributed by atoms with van der Waals surface area (Å²) in [6.45, 7) is 6.31. The van der Waals surface area contributed by atoms with Gasteiger partial charge >= 0.3 is 0 Å². The van der Waals surface area contributed by atoms with Crippen molar-refractivity contribution in [2.75, 3.05) is 10.6 Å². The van der Waals surface area contributed by atoms with Crippen molar-refractivity contribution in [2.24, 2.45) is 13.0 Å². The highest BCUT2D eigenvalue weighted by atomic mass is 32.1. The van der Waals surface area contributed by atoms with Gasteiger partial charge in [0.2, 0.25) is 11.8 Å². The third-order valence-corrected chi connectivity index (χ3v) is 6.54. The average Bonchev–Trinajstić information content (AvgIpc) is 3.41. The number of nitrogens with one attached hydrogen (secondary N) is 2. The first-order valence-corrected chi connectivity index (χ1v) is 12.0. The minimum Gasteiger partial charge on any atom is -0.310 e. The highest BCUT2D eigenvalue weighted by Gasteiger charge is 2.29. The van der Waals surface area contributed by atoms with Crippen molar-refractivity contribution in [3.05, 3.63) is 52.4 Å². The maximum absolute atomic E-state index is 12.5. The van der Waals surface area contributed by atoms with Crippen molar-refractivity contribution in [1.82, 2.24) is 19.7 Å². The van der Waals surface area contributed by atoms with Crippen LogP contribution in [0.15, 0.2) is 30.6 Å². The van der Waals surface area contributed by atoms with E-state index in [-0.39, 0.29) is 29.6 Å². The van der Waals surface area contributed by atoms with Crippen molar-refractivity contribution in [3.63, 3.8) is 0 Å². The quantitative estimate of drug-likeness (QED) is 0.524. The SMILES string of the molecule is Cn1nc(C(C)(C)C)cc1CC(=O)Nc1ncc(CCc2ccnc(NC(=O)C3CC3)c2)s1. The molecule has 9 heteroatoms. The first-order valence-electron chi connectivity index (χ1n) is 11.2. The third kappa shape index (κ3) is 6.25. The van der Waals surface area contributed by atoms with E-state index in [1.165, 1.54) is 11.3 Å². The summed E-state index contributed by atoms with van der Waals surface area (Å²) in [6, 6.07) is 5.86. The Labute approximate surface area is 197 Å². The van der Waals surface area contributed by atoms with Gasteiger partial charge in [-0.1, -0.05) is 20.8 Å². The number of aromatic nitrogens is 4. The van der Waals surface area contributed by atoms with Crippen molar-refractivity contribution < 1.29 is 9.59 Å². The number of carbonyl (C=O) groups excluding carboxylic acids is 2. The molecule has 0 unspecified atom stereocenters. The van der Waals surface area contributed by atoms with Crippen LogP contribution in [0.1, 0.15) is 55.4 Å². The zero-order valence-corrected chi connectivity index (χ0v) is 20.3. The van der Waals surface area contributed by atoms with Crippen LogP contribution < -0.4 is 10.6 Å². The van der Waals surface area contributed by atoms with Crippen molar-refractivity contribution in [1.29, 1.82) is 0 Å². The van der Waals surface area contributed by atoms with E-state index in [0.717, 1.165) is 47.5 Å². The predicted molar refractivity (Wildman–Crippen MR) is 129 cm³/mol. The van der Waals surface area contributed by atoms with Gasteiger partial charge in [0.15, 0.2) is 5.13 Å².